The molecule has 0 rings (SSSR count). The molecule has 0 aromatic carbocycles. The highest BCUT2D eigenvalue weighted by Crippen LogP contribution is 2.16. The van der Waals surface area contributed by atoms with Crippen LogP contribution < -0.4 is 5.73 Å². The van der Waals surface area contributed by atoms with Crippen molar-refractivity contribution in [1.29, 1.82) is 0 Å². The molecule has 0 fully saturated rings. The van der Waals surface area contributed by atoms with Crippen molar-refractivity contribution >= 4 is 40.7 Å². The topological polar surface area (TPSA) is 121 Å². The number of nitrogens with two attached hydrogens (primary N) is 1. The number of rotatable bonds is 9. The summed E-state index contributed by atoms with van der Waals surface area (Å²) in [5, 5.41) is 17.6. The summed E-state index contributed by atoms with van der Waals surface area (Å²) in [7, 11) is 0. The van der Waals surface area contributed by atoms with E-state index in [4.69, 9.17) is 15.9 Å². The van der Waals surface area contributed by atoms with Crippen molar-refractivity contribution in [2.75, 3.05) is 0 Å². The van der Waals surface area contributed by atoms with Crippen molar-refractivity contribution in [1.82, 2.24) is 3.11 Å². The van der Waals surface area contributed by atoms with Gasteiger partial charge in [-0.05, 0) is 12.8 Å². The Morgan fingerprint density at radius 3 is 2.26 bits per heavy atom. The molecule has 0 aromatic heterocycles. The number of hydrogen-bond donors (Lipinski definition) is 3. The molecule has 8 heteroatoms. The van der Waals surface area contributed by atoms with E-state index < -0.39 is 29.9 Å². The van der Waals surface area contributed by atoms with Gasteiger partial charge < -0.3 is 15.9 Å². The van der Waals surface area contributed by atoms with Crippen LogP contribution in [0.1, 0.15) is 39.0 Å². The number of carboxylic acid groups (broad SMARTS) is 2. The van der Waals surface area contributed by atoms with Crippen LogP contribution in [0.2, 0.25) is 0 Å². The van der Waals surface area contributed by atoms with Gasteiger partial charge in [-0.15, -0.1) is 0 Å². The molecule has 19 heavy (non-hydrogen) atoms. The Labute approximate surface area is 125 Å². The van der Waals surface area contributed by atoms with Crippen LogP contribution in [-0.2, 0) is 14.4 Å². The number of carboxylic acids is 2. The molecule has 1 amide bonds. The molecule has 110 valence electrons. The van der Waals surface area contributed by atoms with Crippen molar-refractivity contribution in [2.24, 2.45) is 5.73 Å². The minimum Gasteiger partial charge on any atom is -0.481 e. The van der Waals surface area contributed by atoms with Gasteiger partial charge in [0.1, 0.15) is 6.04 Å². The van der Waals surface area contributed by atoms with Gasteiger partial charge in [-0.1, -0.05) is 19.8 Å². The van der Waals surface area contributed by atoms with Crippen LogP contribution in [0.15, 0.2) is 0 Å². The number of nitrogens with zero attached hydrogens (tertiary/aromatic N) is 1. The molecule has 0 aromatic rings. The fourth-order valence-electron chi connectivity index (χ4n) is 1.45. The molecule has 7 nitrogen and oxygen atoms in total. The lowest BCUT2D eigenvalue weighted by molar-refractivity contribution is -0.146. The van der Waals surface area contributed by atoms with E-state index in [-0.39, 0.29) is 12.8 Å². The fraction of sp³-hybridized carbons (Fsp3) is 0.727. The van der Waals surface area contributed by atoms with E-state index in [1.165, 1.54) is 0 Å². The highest BCUT2D eigenvalue weighted by atomic mass is 127. The second-order valence-electron chi connectivity index (χ2n) is 4.18. The zero-order chi connectivity index (χ0) is 15.0. The van der Waals surface area contributed by atoms with Crippen LogP contribution in [0.3, 0.4) is 0 Å². The molecule has 0 aliphatic carbocycles. The van der Waals surface area contributed by atoms with Gasteiger partial charge in [0, 0.05) is 6.42 Å². The number of halogens is 1. The molecule has 0 heterocycles. The minimum absolute atomic E-state index is 0.139. The maximum absolute atomic E-state index is 11.9. The summed E-state index contributed by atoms with van der Waals surface area (Å²) in [4.78, 5) is 33.5. The van der Waals surface area contributed by atoms with Gasteiger partial charge in [-0.2, -0.15) is 0 Å². The van der Waals surface area contributed by atoms with E-state index in [0.717, 1.165) is 16.0 Å². The molecule has 0 spiro atoms. The summed E-state index contributed by atoms with van der Waals surface area (Å²) >= 11 is 1.59. The summed E-state index contributed by atoms with van der Waals surface area (Å²) in [5.41, 5.74) is 5.69. The van der Waals surface area contributed by atoms with Crippen LogP contribution in [0, 0.1) is 0 Å². The average molecular weight is 386 g/mol. The van der Waals surface area contributed by atoms with Crippen molar-refractivity contribution < 1.29 is 24.6 Å². The normalized spacial score (nSPS) is 13.6. The third-order valence-corrected chi connectivity index (χ3v) is 3.73. The number of unbranched alkanes of at least 4 members (excludes halogenated alkanes) is 1. The molecular weight excluding hydrogens is 367 g/mol. The van der Waals surface area contributed by atoms with Crippen molar-refractivity contribution in [3.05, 3.63) is 0 Å². The fourth-order valence-corrected chi connectivity index (χ4v) is 2.33. The van der Waals surface area contributed by atoms with Crippen LogP contribution in [-0.4, -0.2) is 43.3 Å². The molecule has 0 saturated carbocycles. The van der Waals surface area contributed by atoms with Gasteiger partial charge in [-0.3, -0.25) is 12.7 Å². The Balaban J connectivity index is 4.60. The highest BCUT2D eigenvalue weighted by molar-refractivity contribution is 14.1. The smallest absolute Gasteiger partial charge is 0.327 e. The molecule has 0 radical (unpaired) electrons. The summed E-state index contributed by atoms with van der Waals surface area (Å²) in [6.07, 6.45) is 1.71. The number of amides is 1. The molecule has 0 saturated heterocycles. The Morgan fingerprint density at radius 1 is 1.26 bits per heavy atom. The molecule has 2 atom stereocenters. The predicted octanol–water partition coefficient (Wildman–Crippen LogP) is 1.00. The number of carbonyl (C=O) groups excluding carboxylic acids is 1. The van der Waals surface area contributed by atoms with Crippen molar-refractivity contribution in [3.8, 4) is 0 Å². The van der Waals surface area contributed by atoms with Crippen LogP contribution in [0.25, 0.3) is 0 Å². The molecule has 0 aliphatic rings. The summed E-state index contributed by atoms with van der Waals surface area (Å²) in [6, 6.07) is -1.92. The first-order valence-corrected chi connectivity index (χ1v) is 6.96. The molecule has 0 unspecified atom stereocenters. The van der Waals surface area contributed by atoms with E-state index >= 15 is 0 Å². The largest absolute Gasteiger partial charge is 0.481 e. The maximum atomic E-state index is 11.9. The van der Waals surface area contributed by atoms with Crippen LogP contribution in [0.4, 0.5) is 0 Å². The number of carbonyl (C=O) groups is 3. The zero-order valence-electron chi connectivity index (χ0n) is 10.7. The third-order valence-electron chi connectivity index (χ3n) is 2.59. The van der Waals surface area contributed by atoms with Gasteiger partial charge in [-0.25, -0.2) is 4.79 Å². The number of hydrogen-bond acceptors (Lipinski definition) is 4. The lowest BCUT2D eigenvalue weighted by atomic mass is 10.1. The maximum Gasteiger partial charge on any atom is 0.327 e. The Morgan fingerprint density at radius 2 is 1.84 bits per heavy atom. The molecule has 0 bridgehead atoms. The van der Waals surface area contributed by atoms with Gasteiger partial charge >= 0.3 is 11.9 Å². The first-order valence-electron chi connectivity index (χ1n) is 6.00. The van der Waals surface area contributed by atoms with Gasteiger partial charge in [0.05, 0.1) is 28.9 Å². The first-order chi connectivity index (χ1) is 8.81. The lowest BCUT2D eigenvalue weighted by Gasteiger charge is -2.24. The quantitative estimate of drug-likeness (QED) is 0.402. The van der Waals surface area contributed by atoms with Gasteiger partial charge in [0.15, 0.2) is 0 Å². The van der Waals surface area contributed by atoms with Gasteiger partial charge in [0.2, 0.25) is 5.91 Å². The molecule has 4 N–H and O–H groups in total. The van der Waals surface area contributed by atoms with Crippen molar-refractivity contribution in [3.63, 3.8) is 0 Å². The lowest BCUT2D eigenvalue weighted by Crippen LogP contribution is -2.46. The molecular formula is C11H19IN2O5. The summed E-state index contributed by atoms with van der Waals surface area (Å²) < 4.78 is 1.00. The van der Waals surface area contributed by atoms with E-state index in [1.807, 2.05) is 6.92 Å². The van der Waals surface area contributed by atoms with Crippen LogP contribution >= 0.6 is 22.9 Å². The summed E-state index contributed by atoms with van der Waals surface area (Å²) in [5.74, 6) is -2.81. The zero-order valence-corrected chi connectivity index (χ0v) is 12.9. The standard InChI is InChI=1S/C11H19IN2O5/c1-2-3-4-7(13)10(17)14(12)8(11(18)19)5-6-9(15)16/h7-8H,2-6,13H2,1H3,(H,15,16)(H,18,19)/t7-,8-/m0/s1. The SMILES string of the molecule is CCCC[C@H](N)C(=O)N(I)[C@@H](CCC(=O)O)C(=O)O. The highest BCUT2D eigenvalue weighted by Gasteiger charge is 2.31. The Hall–Kier alpha value is -0.900. The summed E-state index contributed by atoms with van der Waals surface area (Å²) in [6.45, 7) is 1.96. The first kappa shape index (κ1) is 18.1. The second-order valence-corrected chi connectivity index (χ2v) is 5.22. The molecule has 0 aliphatic heterocycles. The average Bonchev–Trinajstić information content (AvgIpc) is 2.34. The van der Waals surface area contributed by atoms with E-state index in [2.05, 4.69) is 0 Å². The monoisotopic (exact) mass is 386 g/mol. The van der Waals surface area contributed by atoms with E-state index in [1.54, 1.807) is 22.9 Å². The van der Waals surface area contributed by atoms with Crippen molar-refractivity contribution in [2.45, 2.75) is 51.1 Å². The van der Waals surface area contributed by atoms with Crippen LogP contribution in [0.5, 0.6) is 0 Å². The second kappa shape index (κ2) is 9.08. The minimum atomic E-state index is -1.23. The van der Waals surface area contributed by atoms with Gasteiger partial charge in [0.25, 0.3) is 0 Å². The number of aliphatic carboxylic acids is 2. The predicted molar refractivity (Wildman–Crippen MR) is 76.7 cm³/mol. The third kappa shape index (κ3) is 6.71. The van der Waals surface area contributed by atoms with E-state index in [0.29, 0.717) is 6.42 Å². The Kier molecular flexibility index (Phi) is 8.65. The van der Waals surface area contributed by atoms with E-state index in [9.17, 15) is 14.4 Å². The Bertz CT molecular complexity index is 337.